The Morgan fingerprint density at radius 1 is 1.46 bits per heavy atom. The summed E-state index contributed by atoms with van der Waals surface area (Å²) in [6.45, 7) is 3.04. The largest absolute Gasteiger partial charge is 0.354 e. The molecule has 1 aliphatic heterocycles. The fourth-order valence-electron chi connectivity index (χ4n) is 2.58. The molecule has 1 aromatic heterocycles. The standard InChI is InChI=1S/C9H14N4/c1-6-11-9-10-5-7-3-2-4-8(7)13(9)12-6/h7-8H,2-5H2,1H3,(H,10,11,12). The summed E-state index contributed by atoms with van der Waals surface area (Å²) in [7, 11) is 0. The van der Waals surface area contributed by atoms with E-state index < -0.39 is 0 Å². The van der Waals surface area contributed by atoms with Gasteiger partial charge in [-0.25, -0.2) is 4.68 Å². The second-order valence-corrected chi connectivity index (χ2v) is 4.07. The van der Waals surface area contributed by atoms with Crippen molar-refractivity contribution in [3.63, 3.8) is 0 Å². The summed E-state index contributed by atoms with van der Waals surface area (Å²) < 4.78 is 2.09. The van der Waals surface area contributed by atoms with Crippen molar-refractivity contribution in [2.45, 2.75) is 32.2 Å². The highest BCUT2D eigenvalue weighted by molar-refractivity contribution is 5.29. The van der Waals surface area contributed by atoms with Gasteiger partial charge in [0.15, 0.2) is 0 Å². The summed E-state index contributed by atoms with van der Waals surface area (Å²) in [5.74, 6) is 2.64. The molecule has 1 saturated carbocycles. The van der Waals surface area contributed by atoms with Gasteiger partial charge < -0.3 is 5.32 Å². The molecule has 13 heavy (non-hydrogen) atoms. The third-order valence-electron chi connectivity index (χ3n) is 3.19. The van der Waals surface area contributed by atoms with Crippen LogP contribution in [0.25, 0.3) is 0 Å². The Balaban J connectivity index is 2.05. The second-order valence-electron chi connectivity index (χ2n) is 4.07. The molecule has 0 amide bonds. The molecule has 2 aliphatic rings. The van der Waals surface area contributed by atoms with Crippen LogP contribution in [0.1, 0.15) is 31.1 Å². The lowest BCUT2D eigenvalue weighted by atomic mass is 10.0. The first kappa shape index (κ1) is 7.35. The molecule has 4 nitrogen and oxygen atoms in total. The van der Waals surface area contributed by atoms with Crippen molar-refractivity contribution < 1.29 is 0 Å². The number of hydrogen-bond acceptors (Lipinski definition) is 3. The number of nitrogens with one attached hydrogen (secondary N) is 1. The van der Waals surface area contributed by atoms with Gasteiger partial charge in [0.25, 0.3) is 0 Å². The van der Waals surface area contributed by atoms with Gasteiger partial charge in [0, 0.05) is 6.54 Å². The molecule has 1 fully saturated rings. The molecule has 0 radical (unpaired) electrons. The Kier molecular flexibility index (Phi) is 1.39. The predicted molar refractivity (Wildman–Crippen MR) is 49.6 cm³/mol. The van der Waals surface area contributed by atoms with Crippen LogP contribution in [-0.4, -0.2) is 21.3 Å². The van der Waals surface area contributed by atoms with Crippen molar-refractivity contribution in [2.75, 3.05) is 11.9 Å². The number of anilines is 1. The van der Waals surface area contributed by atoms with Crippen LogP contribution >= 0.6 is 0 Å². The minimum Gasteiger partial charge on any atom is -0.354 e. The average molecular weight is 178 g/mol. The molecule has 4 heteroatoms. The topological polar surface area (TPSA) is 42.7 Å². The summed E-state index contributed by atoms with van der Waals surface area (Å²) in [6, 6.07) is 0.623. The van der Waals surface area contributed by atoms with Crippen molar-refractivity contribution >= 4 is 5.95 Å². The molecule has 1 aromatic rings. The predicted octanol–water partition coefficient (Wildman–Crippen LogP) is 1.35. The molecule has 2 unspecified atom stereocenters. The summed E-state index contributed by atoms with van der Waals surface area (Å²) >= 11 is 0. The number of nitrogens with zero attached hydrogens (tertiary/aromatic N) is 3. The van der Waals surface area contributed by atoms with Crippen molar-refractivity contribution in [2.24, 2.45) is 5.92 Å². The molecule has 1 N–H and O–H groups in total. The monoisotopic (exact) mass is 178 g/mol. The lowest BCUT2D eigenvalue weighted by Crippen LogP contribution is -2.29. The van der Waals surface area contributed by atoms with E-state index in [-0.39, 0.29) is 0 Å². The van der Waals surface area contributed by atoms with Crippen molar-refractivity contribution in [1.82, 2.24) is 14.8 Å². The van der Waals surface area contributed by atoms with Gasteiger partial charge in [-0.2, -0.15) is 10.1 Å². The van der Waals surface area contributed by atoms with Crippen molar-refractivity contribution in [1.29, 1.82) is 0 Å². The van der Waals surface area contributed by atoms with Gasteiger partial charge in [0.2, 0.25) is 5.95 Å². The second kappa shape index (κ2) is 2.47. The smallest absolute Gasteiger partial charge is 0.221 e. The molecule has 0 aromatic carbocycles. The van der Waals surface area contributed by atoms with E-state index in [0.29, 0.717) is 6.04 Å². The van der Waals surface area contributed by atoms with Crippen LogP contribution in [0.4, 0.5) is 5.95 Å². The van der Waals surface area contributed by atoms with Gasteiger partial charge in [-0.15, -0.1) is 0 Å². The molecule has 0 saturated heterocycles. The maximum Gasteiger partial charge on any atom is 0.221 e. The van der Waals surface area contributed by atoms with Crippen LogP contribution in [0.2, 0.25) is 0 Å². The Morgan fingerprint density at radius 2 is 2.38 bits per heavy atom. The highest BCUT2D eigenvalue weighted by Gasteiger charge is 2.34. The number of aryl methyl sites for hydroxylation is 1. The van der Waals surface area contributed by atoms with E-state index in [4.69, 9.17) is 0 Å². The first-order valence-electron chi connectivity index (χ1n) is 5.01. The summed E-state index contributed by atoms with van der Waals surface area (Å²) in [6.07, 6.45) is 3.97. The first-order chi connectivity index (χ1) is 6.34. The van der Waals surface area contributed by atoms with E-state index in [9.17, 15) is 0 Å². The number of aromatic nitrogens is 3. The zero-order valence-corrected chi connectivity index (χ0v) is 7.82. The van der Waals surface area contributed by atoms with Gasteiger partial charge >= 0.3 is 0 Å². The molecule has 0 bridgehead atoms. The molecule has 2 atom stereocenters. The average Bonchev–Trinajstić information content (AvgIpc) is 2.65. The third kappa shape index (κ3) is 0.975. The Labute approximate surface area is 77.4 Å². The van der Waals surface area contributed by atoms with Crippen molar-refractivity contribution in [3.8, 4) is 0 Å². The molecule has 2 heterocycles. The van der Waals surface area contributed by atoms with Crippen LogP contribution in [0.3, 0.4) is 0 Å². The van der Waals surface area contributed by atoms with Crippen LogP contribution in [0, 0.1) is 12.8 Å². The summed E-state index contributed by atoms with van der Waals surface area (Å²) in [4.78, 5) is 4.35. The normalized spacial score (nSPS) is 30.8. The molecule has 0 spiro atoms. The van der Waals surface area contributed by atoms with E-state index in [0.717, 1.165) is 24.2 Å². The fraction of sp³-hybridized carbons (Fsp3) is 0.778. The Bertz CT molecular complexity index is 330. The van der Waals surface area contributed by atoms with Gasteiger partial charge in [-0.1, -0.05) is 6.42 Å². The highest BCUT2D eigenvalue weighted by Crippen LogP contribution is 2.39. The lowest BCUT2D eigenvalue weighted by Gasteiger charge is -2.26. The molecule has 70 valence electrons. The number of rotatable bonds is 0. The quantitative estimate of drug-likeness (QED) is 0.652. The minimum absolute atomic E-state index is 0.623. The van der Waals surface area contributed by atoms with E-state index >= 15 is 0 Å². The Morgan fingerprint density at radius 3 is 3.31 bits per heavy atom. The third-order valence-corrected chi connectivity index (χ3v) is 3.19. The minimum atomic E-state index is 0.623. The highest BCUT2D eigenvalue weighted by atomic mass is 15.4. The lowest BCUT2D eigenvalue weighted by molar-refractivity contribution is 0.345. The maximum absolute atomic E-state index is 4.44. The molecule has 1 aliphatic carbocycles. The van der Waals surface area contributed by atoms with E-state index in [2.05, 4.69) is 20.1 Å². The van der Waals surface area contributed by atoms with Gasteiger partial charge in [-0.05, 0) is 25.7 Å². The zero-order valence-electron chi connectivity index (χ0n) is 7.82. The molecular formula is C9H14N4. The van der Waals surface area contributed by atoms with Gasteiger partial charge in [0.1, 0.15) is 5.82 Å². The van der Waals surface area contributed by atoms with Gasteiger partial charge in [0.05, 0.1) is 6.04 Å². The summed E-state index contributed by atoms with van der Waals surface area (Å²) in [5, 5.41) is 7.78. The first-order valence-corrected chi connectivity index (χ1v) is 5.01. The van der Waals surface area contributed by atoms with Crippen LogP contribution in [0.5, 0.6) is 0 Å². The number of hydrogen-bond donors (Lipinski definition) is 1. The van der Waals surface area contributed by atoms with Gasteiger partial charge in [-0.3, -0.25) is 0 Å². The molecule has 3 rings (SSSR count). The van der Waals surface area contributed by atoms with E-state index in [1.807, 2.05) is 6.92 Å². The fourth-order valence-corrected chi connectivity index (χ4v) is 2.58. The van der Waals surface area contributed by atoms with Crippen molar-refractivity contribution in [3.05, 3.63) is 5.82 Å². The summed E-state index contributed by atoms with van der Waals surface area (Å²) in [5.41, 5.74) is 0. The maximum atomic E-state index is 4.44. The van der Waals surface area contributed by atoms with Crippen LogP contribution < -0.4 is 5.32 Å². The zero-order chi connectivity index (χ0) is 8.84. The van der Waals surface area contributed by atoms with Crippen LogP contribution in [-0.2, 0) is 0 Å². The molecular weight excluding hydrogens is 164 g/mol. The van der Waals surface area contributed by atoms with Crippen LogP contribution in [0.15, 0.2) is 0 Å². The van der Waals surface area contributed by atoms with E-state index in [1.54, 1.807) is 0 Å². The van der Waals surface area contributed by atoms with E-state index in [1.165, 1.54) is 19.3 Å². The SMILES string of the molecule is Cc1nc2n(n1)C1CCCC1CN2. The Hall–Kier alpha value is -1.06. The number of fused-ring (bicyclic) bond motifs is 3.